The Morgan fingerprint density at radius 3 is 2.46 bits per heavy atom. The van der Waals surface area contributed by atoms with Crippen LogP contribution in [0.2, 0.25) is 0 Å². The molecule has 0 aliphatic carbocycles. The quantitative estimate of drug-likeness (QED) is 0.746. The molecule has 1 saturated heterocycles. The first-order chi connectivity index (χ1) is 11.3. The van der Waals surface area contributed by atoms with E-state index in [9.17, 15) is 13.2 Å². The lowest BCUT2D eigenvalue weighted by Crippen LogP contribution is -2.30. The highest BCUT2D eigenvalue weighted by Crippen LogP contribution is 2.18. The minimum Gasteiger partial charge on any atom is -0.358 e. The summed E-state index contributed by atoms with van der Waals surface area (Å²) in [6.07, 6.45) is 2.30. The first kappa shape index (κ1) is 19.2. The predicted molar refractivity (Wildman–Crippen MR) is 100 cm³/mol. The average molecular weight is 388 g/mol. The first-order valence-corrected chi connectivity index (χ1v) is 10.6. The number of sulfonamides is 1. The van der Waals surface area contributed by atoms with Crippen molar-refractivity contribution in [2.75, 3.05) is 18.8 Å². The zero-order valence-corrected chi connectivity index (χ0v) is 15.8. The van der Waals surface area contributed by atoms with E-state index in [4.69, 9.17) is 17.4 Å². The van der Waals surface area contributed by atoms with Gasteiger partial charge in [-0.25, -0.2) is 13.6 Å². The Labute approximate surface area is 152 Å². The van der Waals surface area contributed by atoms with Crippen molar-refractivity contribution < 1.29 is 13.2 Å². The second-order valence-electron chi connectivity index (χ2n) is 5.65. The maximum atomic E-state index is 12.0. The molecule has 1 atom stereocenters. The number of nitrogens with one attached hydrogen (secondary N) is 1. The van der Waals surface area contributed by atoms with E-state index >= 15 is 0 Å². The molecule has 6 nitrogen and oxygen atoms in total. The van der Waals surface area contributed by atoms with Crippen molar-refractivity contribution in [3.8, 4) is 0 Å². The van der Waals surface area contributed by atoms with Crippen LogP contribution in [0, 0.1) is 0 Å². The van der Waals surface area contributed by atoms with Crippen molar-refractivity contribution in [1.29, 1.82) is 0 Å². The third-order valence-corrected chi connectivity index (χ3v) is 6.23. The monoisotopic (exact) mass is 387 g/mol. The highest BCUT2D eigenvalue weighted by atomic mass is 32.2. The largest absolute Gasteiger partial charge is 0.358 e. The maximum absolute atomic E-state index is 12.0. The fourth-order valence-electron chi connectivity index (χ4n) is 2.43. The van der Waals surface area contributed by atoms with Gasteiger partial charge in [0.05, 0.1) is 16.7 Å². The van der Waals surface area contributed by atoms with Gasteiger partial charge in [-0.3, -0.25) is 4.79 Å². The van der Waals surface area contributed by atoms with Crippen LogP contribution in [0.3, 0.4) is 0 Å². The summed E-state index contributed by atoms with van der Waals surface area (Å²) in [6.45, 7) is 3.79. The molecule has 0 radical (unpaired) electrons. The molecular formula is C15H21N3O3S3. The fourth-order valence-corrected chi connectivity index (χ4v) is 4.01. The molecule has 1 aliphatic rings. The lowest BCUT2D eigenvalue weighted by atomic mass is 10.1. The molecule has 1 fully saturated rings. The highest BCUT2D eigenvalue weighted by Gasteiger charge is 2.17. The number of hydrogen-bond donors (Lipinski definition) is 2. The number of nitrogens with zero attached hydrogens (tertiary/aromatic N) is 1. The van der Waals surface area contributed by atoms with Crippen molar-refractivity contribution in [2.45, 2.75) is 30.7 Å². The summed E-state index contributed by atoms with van der Waals surface area (Å²) in [5.41, 5.74) is 0.808. The summed E-state index contributed by atoms with van der Waals surface area (Å²) in [4.78, 5) is 14.2. The molecule has 1 heterocycles. The van der Waals surface area contributed by atoms with Crippen LogP contribution < -0.4 is 10.5 Å². The Bertz CT molecular complexity index is 698. The molecule has 1 aliphatic heterocycles. The number of likely N-dealkylation sites (tertiary alicyclic amines) is 1. The number of carbonyl (C=O) groups is 1. The van der Waals surface area contributed by atoms with Gasteiger partial charge in [0.15, 0.2) is 0 Å². The standard InChI is InChI=1S/C15H21N3O3S3/c1-11(12-4-6-13(7-5-12)24(16,20)21)17-14(19)10-23-15(22)18-8-2-3-9-18/h4-7,11H,2-3,8-10H2,1H3,(H,17,19)(H2,16,20,21)/t11-/m0/s1. The number of thiocarbonyl (C=S) groups is 1. The smallest absolute Gasteiger partial charge is 0.238 e. The molecule has 0 unspecified atom stereocenters. The summed E-state index contributed by atoms with van der Waals surface area (Å²) >= 11 is 6.70. The molecule has 0 bridgehead atoms. The minimum atomic E-state index is -3.70. The van der Waals surface area contributed by atoms with Gasteiger partial charge in [-0.15, -0.1) is 0 Å². The van der Waals surface area contributed by atoms with Gasteiger partial charge in [-0.2, -0.15) is 0 Å². The Morgan fingerprint density at radius 2 is 1.92 bits per heavy atom. The van der Waals surface area contributed by atoms with Crippen LogP contribution in [0.25, 0.3) is 0 Å². The summed E-state index contributed by atoms with van der Waals surface area (Å²) in [5, 5.41) is 7.95. The van der Waals surface area contributed by atoms with E-state index < -0.39 is 10.0 Å². The molecule has 0 saturated carbocycles. The van der Waals surface area contributed by atoms with Crippen LogP contribution in [0.15, 0.2) is 29.2 Å². The average Bonchev–Trinajstić information content (AvgIpc) is 3.06. The van der Waals surface area contributed by atoms with Gasteiger partial charge in [0.2, 0.25) is 15.9 Å². The van der Waals surface area contributed by atoms with E-state index in [1.807, 2.05) is 6.92 Å². The Balaban J connectivity index is 1.83. The third-order valence-electron chi connectivity index (χ3n) is 3.78. The van der Waals surface area contributed by atoms with E-state index in [0.29, 0.717) is 0 Å². The molecule has 2 rings (SSSR count). The third kappa shape index (κ3) is 5.44. The number of amides is 1. The maximum Gasteiger partial charge on any atom is 0.238 e. The van der Waals surface area contributed by atoms with E-state index in [1.165, 1.54) is 23.9 Å². The zero-order valence-electron chi connectivity index (χ0n) is 13.4. The summed E-state index contributed by atoms with van der Waals surface area (Å²) < 4.78 is 23.2. The Kier molecular flexibility index (Phi) is 6.62. The number of rotatable bonds is 5. The van der Waals surface area contributed by atoms with Crippen molar-refractivity contribution in [3.63, 3.8) is 0 Å². The van der Waals surface area contributed by atoms with E-state index in [1.54, 1.807) is 12.1 Å². The number of carbonyl (C=O) groups excluding carboxylic acids is 1. The molecule has 1 amide bonds. The van der Waals surface area contributed by atoms with Gasteiger partial charge in [0, 0.05) is 13.1 Å². The van der Waals surface area contributed by atoms with Crippen LogP contribution in [0.4, 0.5) is 0 Å². The molecular weight excluding hydrogens is 366 g/mol. The van der Waals surface area contributed by atoms with Crippen molar-refractivity contribution >= 4 is 44.2 Å². The highest BCUT2D eigenvalue weighted by molar-refractivity contribution is 8.23. The second kappa shape index (κ2) is 8.28. The van der Waals surface area contributed by atoms with E-state index in [0.717, 1.165) is 35.8 Å². The van der Waals surface area contributed by atoms with Crippen LogP contribution in [0.1, 0.15) is 31.4 Å². The van der Waals surface area contributed by atoms with Crippen LogP contribution >= 0.6 is 24.0 Å². The number of nitrogens with two attached hydrogens (primary N) is 1. The van der Waals surface area contributed by atoms with Gasteiger partial charge in [-0.1, -0.05) is 36.1 Å². The molecule has 9 heteroatoms. The number of hydrogen-bond acceptors (Lipinski definition) is 5. The predicted octanol–water partition coefficient (Wildman–Crippen LogP) is 1.63. The second-order valence-corrected chi connectivity index (χ2v) is 8.82. The van der Waals surface area contributed by atoms with Crippen molar-refractivity contribution in [3.05, 3.63) is 29.8 Å². The normalized spacial score (nSPS) is 16.0. The van der Waals surface area contributed by atoms with Crippen molar-refractivity contribution in [2.24, 2.45) is 5.14 Å². The molecule has 0 spiro atoms. The Hall–Kier alpha value is -1.16. The van der Waals surface area contributed by atoms with E-state index in [2.05, 4.69) is 10.2 Å². The number of benzene rings is 1. The van der Waals surface area contributed by atoms with Gasteiger partial charge in [-0.05, 0) is 37.5 Å². The molecule has 3 N–H and O–H groups in total. The molecule has 1 aromatic carbocycles. The van der Waals surface area contributed by atoms with Crippen molar-refractivity contribution in [1.82, 2.24) is 10.2 Å². The molecule has 24 heavy (non-hydrogen) atoms. The van der Waals surface area contributed by atoms with Crippen LogP contribution in [-0.4, -0.2) is 42.4 Å². The zero-order chi connectivity index (χ0) is 17.7. The number of primary sulfonamides is 1. The molecule has 132 valence electrons. The first-order valence-electron chi connectivity index (χ1n) is 7.61. The van der Waals surface area contributed by atoms with Gasteiger partial charge in [0.1, 0.15) is 4.32 Å². The molecule has 0 aromatic heterocycles. The lowest BCUT2D eigenvalue weighted by Gasteiger charge is -2.18. The van der Waals surface area contributed by atoms with Gasteiger partial charge >= 0.3 is 0 Å². The summed E-state index contributed by atoms with van der Waals surface area (Å²) in [7, 11) is -3.70. The Morgan fingerprint density at radius 1 is 1.33 bits per heavy atom. The van der Waals surface area contributed by atoms with Crippen LogP contribution in [0.5, 0.6) is 0 Å². The summed E-state index contributed by atoms with van der Waals surface area (Å²) in [5.74, 6) is 0.166. The topological polar surface area (TPSA) is 92.5 Å². The number of thioether (sulfide) groups is 1. The minimum absolute atomic E-state index is 0.0521. The fraction of sp³-hybridized carbons (Fsp3) is 0.467. The molecule has 1 aromatic rings. The van der Waals surface area contributed by atoms with E-state index in [-0.39, 0.29) is 22.6 Å². The van der Waals surface area contributed by atoms with Gasteiger partial charge in [0.25, 0.3) is 0 Å². The SMILES string of the molecule is C[C@H](NC(=O)CSC(=S)N1CCCC1)c1ccc(S(N)(=O)=O)cc1. The summed E-state index contributed by atoms with van der Waals surface area (Å²) in [6, 6.07) is 5.93. The lowest BCUT2D eigenvalue weighted by molar-refractivity contribution is -0.119. The van der Waals surface area contributed by atoms with Crippen LogP contribution in [-0.2, 0) is 14.8 Å². The van der Waals surface area contributed by atoms with Gasteiger partial charge < -0.3 is 10.2 Å².